The summed E-state index contributed by atoms with van der Waals surface area (Å²) in [6, 6.07) is 4.59. The number of rotatable bonds is 7. The van der Waals surface area contributed by atoms with Crippen LogP contribution in [0, 0.1) is 0 Å². The van der Waals surface area contributed by atoms with Crippen molar-refractivity contribution in [1.82, 2.24) is 20.5 Å². The van der Waals surface area contributed by atoms with E-state index in [1.165, 1.54) is 58.2 Å². The normalized spacial score (nSPS) is 20.1. The van der Waals surface area contributed by atoms with Crippen LogP contribution in [0.15, 0.2) is 23.3 Å². The van der Waals surface area contributed by atoms with Crippen LogP contribution in [0.5, 0.6) is 5.88 Å². The van der Waals surface area contributed by atoms with Crippen LogP contribution in [0.3, 0.4) is 0 Å². The number of pyridine rings is 1. The van der Waals surface area contributed by atoms with Crippen molar-refractivity contribution in [3.8, 4) is 5.88 Å². The van der Waals surface area contributed by atoms with Crippen LogP contribution in [0.1, 0.15) is 63.9 Å². The van der Waals surface area contributed by atoms with Crippen LogP contribution in [-0.4, -0.2) is 54.7 Å². The number of aliphatic imine (C=N–C) groups is 1. The highest BCUT2D eigenvalue weighted by Crippen LogP contribution is 2.22. The van der Waals surface area contributed by atoms with Gasteiger partial charge in [0.25, 0.3) is 0 Å². The number of nitrogens with zero attached hydrogens (tertiary/aromatic N) is 3. The minimum Gasteiger partial charge on any atom is -0.474 e. The molecule has 0 bridgehead atoms. The molecule has 6 heteroatoms. The van der Waals surface area contributed by atoms with E-state index >= 15 is 0 Å². The minimum absolute atomic E-state index is 0.344. The first-order chi connectivity index (χ1) is 13.8. The largest absolute Gasteiger partial charge is 0.474 e. The minimum atomic E-state index is 0.344. The average Bonchev–Trinajstić information content (AvgIpc) is 2.74. The highest BCUT2D eigenvalue weighted by atomic mass is 16.5. The zero-order valence-corrected chi connectivity index (χ0v) is 17.6. The Kier molecular flexibility index (Phi) is 8.40. The molecule has 2 heterocycles. The Labute approximate surface area is 170 Å². The zero-order valence-electron chi connectivity index (χ0n) is 17.6. The van der Waals surface area contributed by atoms with Crippen LogP contribution in [-0.2, 0) is 6.54 Å². The SMILES string of the molecule is CCCN1CCC(NC(=NC)NCc2ccc(OC3CCCCC3)nc2)CC1. The van der Waals surface area contributed by atoms with Crippen molar-refractivity contribution < 1.29 is 4.74 Å². The van der Waals surface area contributed by atoms with Crippen LogP contribution in [0.25, 0.3) is 0 Å². The molecule has 1 aliphatic heterocycles. The molecule has 3 rings (SSSR count). The Morgan fingerprint density at radius 2 is 1.96 bits per heavy atom. The molecule has 0 aromatic carbocycles. The van der Waals surface area contributed by atoms with E-state index in [9.17, 15) is 0 Å². The van der Waals surface area contributed by atoms with E-state index in [-0.39, 0.29) is 0 Å². The van der Waals surface area contributed by atoms with E-state index in [4.69, 9.17) is 4.74 Å². The molecule has 28 heavy (non-hydrogen) atoms. The van der Waals surface area contributed by atoms with Gasteiger partial charge in [0.2, 0.25) is 5.88 Å². The maximum absolute atomic E-state index is 6.01. The van der Waals surface area contributed by atoms with Gasteiger partial charge in [-0.3, -0.25) is 4.99 Å². The van der Waals surface area contributed by atoms with E-state index in [0.717, 1.165) is 30.2 Å². The van der Waals surface area contributed by atoms with Gasteiger partial charge in [0.05, 0.1) is 0 Å². The van der Waals surface area contributed by atoms with Crippen LogP contribution >= 0.6 is 0 Å². The lowest BCUT2D eigenvalue weighted by molar-refractivity contribution is 0.148. The second kappa shape index (κ2) is 11.2. The lowest BCUT2D eigenvalue weighted by Crippen LogP contribution is -2.48. The average molecular weight is 388 g/mol. The van der Waals surface area contributed by atoms with E-state index < -0.39 is 0 Å². The second-order valence-electron chi connectivity index (χ2n) is 8.07. The highest BCUT2D eigenvalue weighted by molar-refractivity contribution is 5.79. The topological polar surface area (TPSA) is 61.8 Å². The molecule has 1 aromatic heterocycles. The fourth-order valence-corrected chi connectivity index (χ4v) is 4.13. The highest BCUT2D eigenvalue weighted by Gasteiger charge is 2.19. The van der Waals surface area contributed by atoms with E-state index in [1.807, 2.05) is 19.3 Å². The monoisotopic (exact) mass is 387 g/mol. The molecule has 1 aliphatic carbocycles. The molecule has 1 aromatic rings. The van der Waals surface area contributed by atoms with Crippen molar-refractivity contribution in [2.75, 3.05) is 26.7 Å². The summed E-state index contributed by atoms with van der Waals surface area (Å²) in [4.78, 5) is 11.4. The molecular formula is C22H37N5O. The van der Waals surface area contributed by atoms with Crippen LogP contribution in [0.2, 0.25) is 0 Å². The fourth-order valence-electron chi connectivity index (χ4n) is 4.13. The summed E-state index contributed by atoms with van der Waals surface area (Å²) in [6.07, 6.45) is 12.0. The maximum Gasteiger partial charge on any atom is 0.213 e. The summed E-state index contributed by atoms with van der Waals surface area (Å²) in [7, 11) is 1.83. The predicted octanol–water partition coefficient (Wildman–Crippen LogP) is 3.33. The summed E-state index contributed by atoms with van der Waals surface area (Å²) in [5, 5.41) is 6.99. The summed E-state index contributed by atoms with van der Waals surface area (Å²) in [5.41, 5.74) is 1.14. The molecule has 0 radical (unpaired) electrons. The van der Waals surface area contributed by atoms with Crippen molar-refractivity contribution in [2.24, 2.45) is 4.99 Å². The smallest absolute Gasteiger partial charge is 0.213 e. The van der Waals surface area contributed by atoms with Gasteiger partial charge in [-0.2, -0.15) is 0 Å². The number of hydrogen-bond acceptors (Lipinski definition) is 4. The Morgan fingerprint density at radius 1 is 1.18 bits per heavy atom. The van der Waals surface area contributed by atoms with Gasteiger partial charge in [-0.05, 0) is 57.1 Å². The summed E-state index contributed by atoms with van der Waals surface area (Å²) >= 11 is 0. The van der Waals surface area contributed by atoms with Crippen LogP contribution < -0.4 is 15.4 Å². The van der Waals surface area contributed by atoms with Gasteiger partial charge in [0.15, 0.2) is 5.96 Å². The van der Waals surface area contributed by atoms with E-state index in [2.05, 4.69) is 38.5 Å². The number of likely N-dealkylation sites (tertiary alicyclic amines) is 1. The first-order valence-electron chi connectivity index (χ1n) is 11.1. The first kappa shape index (κ1) is 20.9. The zero-order chi connectivity index (χ0) is 19.6. The third-order valence-electron chi connectivity index (χ3n) is 5.79. The van der Waals surface area contributed by atoms with Crippen molar-refractivity contribution in [2.45, 2.75) is 77.0 Å². The van der Waals surface area contributed by atoms with Crippen molar-refractivity contribution >= 4 is 5.96 Å². The molecule has 2 N–H and O–H groups in total. The van der Waals surface area contributed by atoms with Crippen molar-refractivity contribution in [3.05, 3.63) is 23.9 Å². The summed E-state index contributed by atoms with van der Waals surface area (Å²) in [5.74, 6) is 1.62. The Bertz CT molecular complexity index is 589. The van der Waals surface area contributed by atoms with Crippen molar-refractivity contribution in [1.29, 1.82) is 0 Å². The molecular weight excluding hydrogens is 350 g/mol. The summed E-state index contributed by atoms with van der Waals surface area (Å²) in [6.45, 7) is 6.53. The molecule has 1 saturated heterocycles. The summed E-state index contributed by atoms with van der Waals surface area (Å²) < 4.78 is 6.01. The molecule has 2 aliphatic rings. The van der Waals surface area contributed by atoms with Crippen LogP contribution in [0.4, 0.5) is 0 Å². The molecule has 156 valence electrons. The second-order valence-corrected chi connectivity index (χ2v) is 8.07. The number of aromatic nitrogens is 1. The third kappa shape index (κ3) is 6.66. The predicted molar refractivity (Wildman–Crippen MR) is 115 cm³/mol. The fraction of sp³-hybridized carbons (Fsp3) is 0.727. The third-order valence-corrected chi connectivity index (χ3v) is 5.79. The lowest BCUT2D eigenvalue weighted by Gasteiger charge is -2.32. The number of hydrogen-bond donors (Lipinski definition) is 2. The standard InChI is InChI=1S/C22H37N5O/c1-3-13-27-14-11-19(12-15-27)26-22(23-2)25-17-18-9-10-21(24-16-18)28-20-7-5-4-6-8-20/h9-10,16,19-20H,3-8,11-15,17H2,1-2H3,(H2,23,25,26). The van der Waals surface area contributed by atoms with Gasteiger partial charge in [0, 0.05) is 45.0 Å². The van der Waals surface area contributed by atoms with E-state index in [0.29, 0.717) is 18.7 Å². The van der Waals surface area contributed by atoms with Gasteiger partial charge >= 0.3 is 0 Å². The number of ether oxygens (including phenoxy) is 1. The quantitative estimate of drug-likeness (QED) is 0.555. The molecule has 1 saturated carbocycles. The van der Waals surface area contributed by atoms with Gasteiger partial charge in [-0.25, -0.2) is 4.98 Å². The molecule has 0 unspecified atom stereocenters. The Hall–Kier alpha value is -1.82. The molecule has 0 amide bonds. The van der Waals surface area contributed by atoms with Gasteiger partial charge in [-0.15, -0.1) is 0 Å². The molecule has 0 atom stereocenters. The van der Waals surface area contributed by atoms with Crippen molar-refractivity contribution in [3.63, 3.8) is 0 Å². The van der Waals surface area contributed by atoms with E-state index in [1.54, 1.807) is 0 Å². The molecule has 0 spiro atoms. The first-order valence-corrected chi connectivity index (χ1v) is 11.1. The number of nitrogens with one attached hydrogen (secondary N) is 2. The maximum atomic E-state index is 6.01. The Balaban J connectivity index is 1.40. The van der Waals surface area contributed by atoms with Gasteiger partial charge in [-0.1, -0.05) is 19.4 Å². The Morgan fingerprint density at radius 3 is 2.61 bits per heavy atom. The number of piperidine rings is 1. The van der Waals surface area contributed by atoms with Gasteiger partial charge in [0.1, 0.15) is 6.10 Å². The van der Waals surface area contributed by atoms with Gasteiger partial charge < -0.3 is 20.3 Å². The molecule has 6 nitrogen and oxygen atoms in total. The number of guanidine groups is 1. The lowest BCUT2D eigenvalue weighted by atomic mass is 9.98. The molecule has 2 fully saturated rings.